The SMILES string of the molecule is C[Si]1(Cl)CC[Si](C)(Cl)C1=P(C)(C)C. The van der Waals surface area contributed by atoms with E-state index in [-0.39, 0.29) is 0 Å². The lowest BCUT2D eigenvalue weighted by Crippen LogP contribution is -2.42. The highest BCUT2D eigenvalue weighted by Gasteiger charge is 2.50. The highest BCUT2D eigenvalue weighted by molar-refractivity contribution is 7.90. The molecule has 5 heteroatoms. The first-order valence-electron chi connectivity index (χ1n) is 4.65. The van der Waals surface area contributed by atoms with E-state index in [1.807, 2.05) is 0 Å². The van der Waals surface area contributed by atoms with Crippen molar-refractivity contribution in [1.82, 2.24) is 0 Å². The number of rotatable bonds is 0. The largest absolute Gasteiger partial charge is 0.177 e. The van der Waals surface area contributed by atoms with Gasteiger partial charge in [-0.1, -0.05) is 17.6 Å². The molecule has 0 N–H and O–H groups in total. The summed E-state index contributed by atoms with van der Waals surface area (Å²) in [5.41, 5.74) is 0. The van der Waals surface area contributed by atoms with Gasteiger partial charge in [-0.15, -0.1) is 6.89 Å². The number of hydrogen-bond donors (Lipinski definition) is 0. The van der Waals surface area contributed by atoms with Gasteiger partial charge < -0.3 is 0 Å². The predicted octanol–water partition coefficient (Wildman–Crippen LogP) is 3.79. The van der Waals surface area contributed by atoms with E-state index in [0.29, 0.717) is 0 Å². The Morgan fingerprint density at radius 1 is 1.00 bits per heavy atom. The molecule has 1 fully saturated rings. The van der Waals surface area contributed by atoms with E-state index in [4.69, 9.17) is 22.2 Å². The van der Waals surface area contributed by atoms with Crippen LogP contribution in [0.4, 0.5) is 0 Å². The van der Waals surface area contributed by atoms with Crippen LogP contribution in [0.5, 0.6) is 0 Å². The highest BCUT2D eigenvalue weighted by Crippen LogP contribution is 2.50. The Morgan fingerprint density at radius 2 is 1.31 bits per heavy atom. The first kappa shape index (κ1) is 12.4. The zero-order chi connectivity index (χ0) is 10.5. The predicted molar refractivity (Wildman–Crippen MR) is 74.3 cm³/mol. The molecule has 0 aromatic heterocycles. The first-order valence-corrected chi connectivity index (χ1v) is 15.2. The van der Waals surface area contributed by atoms with Crippen molar-refractivity contribution in [3.63, 3.8) is 0 Å². The molecule has 1 rings (SSSR count). The van der Waals surface area contributed by atoms with Gasteiger partial charge in [0.05, 0.1) is 0 Å². The summed E-state index contributed by atoms with van der Waals surface area (Å²) in [6.45, 7) is 10.8. The summed E-state index contributed by atoms with van der Waals surface area (Å²) in [5.74, 6) is 0. The van der Waals surface area contributed by atoms with Crippen LogP contribution in [0.25, 0.3) is 0 Å². The van der Waals surface area contributed by atoms with E-state index < -0.39 is 21.7 Å². The monoisotopic (exact) mass is 272 g/mol. The minimum atomic E-state index is -1.57. The van der Waals surface area contributed by atoms with E-state index in [1.165, 1.54) is 12.1 Å². The van der Waals surface area contributed by atoms with Crippen molar-refractivity contribution in [2.75, 3.05) is 20.0 Å². The lowest BCUT2D eigenvalue weighted by atomic mass is 10.9. The van der Waals surface area contributed by atoms with Gasteiger partial charge in [0, 0.05) is 0 Å². The molecule has 0 saturated carbocycles. The van der Waals surface area contributed by atoms with Crippen LogP contribution in [-0.2, 0) is 0 Å². The van der Waals surface area contributed by atoms with Crippen molar-refractivity contribution < 1.29 is 0 Å². The fourth-order valence-electron chi connectivity index (χ4n) is 2.65. The maximum atomic E-state index is 6.68. The first-order chi connectivity index (χ1) is 5.57. The van der Waals surface area contributed by atoms with Crippen molar-refractivity contribution in [3.05, 3.63) is 0 Å². The summed E-state index contributed by atoms with van der Waals surface area (Å²) in [6, 6.07) is 2.43. The van der Waals surface area contributed by atoms with Crippen molar-refractivity contribution in [2.45, 2.75) is 25.2 Å². The summed E-state index contributed by atoms with van der Waals surface area (Å²) >= 11 is 13.4. The van der Waals surface area contributed by atoms with Crippen molar-refractivity contribution >= 4 is 48.4 Å². The molecular weight excluding hydrogens is 254 g/mol. The Morgan fingerprint density at radius 3 is 1.46 bits per heavy atom. The summed E-state index contributed by atoms with van der Waals surface area (Å²) in [6.07, 6.45) is 0. The van der Waals surface area contributed by atoms with Gasteiger partial charge in [-0.25, -0.2) is 0 Å². The van der Waals surface area contributed by atoms with Gasteiger partial charge in [-0.05, 0) is 32.1 Å². The maximum Gasteiger partial charge on any atom is 0.177 e. The fraction of sp³-hybridized carbons (Fsp3) is 0.875. The average Bonchev–Trinajstić information content (AvgIpc) is 1.98. The molecule has 0 aliphatic carbocycles. The molecule has 78 valence electrons. The van der Waals surface area contributed by atoms with Crippen LogP contribution in [0.2, 0.25) is 25.2 Å². The zero-order valence-electron chi connectivity index (χ0n) is 9.12. The molecule has 0 radical (unpaired) electrons. The molecule has 2 unspecified atom stereocenters. The van der Waals surface area contributed by atoms with E-state index in [9.17, 15) is 0 Å². The number of halogens is 2. The normalized spacial score (nSPS) is 41.3. The van der Waals surface area contributed by atoms with E-state index in [2.05, 4.69) is 33.1 Å². The molecule has 1 aliphatic heterocycles. The minimum absolute atomic E-state index is 0.930. The van der Waals surface area contributed by atoms with Gasteiger partial charge in [0.1, 0.15) is 0 Å². The minimum Gasteiger partial charge on any atom is -0.162 e. The molecule has 0 aromatic carbocycles. The molecule has 0 aromatic rings. The van der Waals surface area contributed by atoms with Gasteiger partial charge in [0.2, 0.25) is 0 Å². The van der Waals surface area contributed by atoms with E-state index in [1.54, 1.807) is 4.54 Å². The van der Waals surface area contributed by atoms with Crippen LogP contribution in [0.1, 0.15) is 0 Å². The van der Waals surface area contributed by atoms with Gasteiger partial charge in [0.25, 0.3) is 0 Å². The van der Waals surface area contributed by atoms with Crippen molar-refractivity contribution in [2.24, 2.45) is 0 Å². The smallest absolute Gasteiger partial charge is 0.162 e. The fourth-order valence-corrected chi connectivity index (χ4v) is 34.3. The Labute approximate surface area is 93.4 Å². The molecule has 0 nitrogen and oxygen atoms in total. The van der Waals surface area contributed by atoms with Gasteiger partial charge in [-0.2, -0.15) is 22.2 Å². The molecule has 0 bridgehead atoms. The van der Waals surface area contributed by atoms with E-state index >= 15 is 0 Å². The van der Waals surface area contributed by atoms with Gasteiger partial charge in [0.15, 0.2) is 14.8 Å². The zero-order valence-corrected chi connectivity index (χ0v) is 13.5. The summed E-state index contributed by atoms with van der Waals surface area (Å²) < 4.78 is 1.68. The van der Waals surface area contributed by atoms with Crippen LogP contribution >= 0.6 is 29.0 Å². The molecule has 0 amide bonds. The maximum absolute atomic E-state index is 6.68. The number of hydrogen-bond acceptors (Lipinski definition) is 0. The highest BCUT2D eigenvalue weighted by atomic mass is 35.6. The van der Waals surface area contributed by atoms with Crippen LogP contribution < -0.4 is 0 Å². The quantitative estimate of drug-likeness (QED) is 0.358. The molecule has 13 heavy (non-hydrogen) atoms. The van der Waals surface area contributed by atoms with Crippen LogP contribution in [0.3, 0.4) is 0 Å². The molecular formula is C8H19Cl2PSi2. The molecule has 2 atom stereocenters. The second-order valence-corrected chi connectivity index (χ2v) is 22.9. The molecule has 1 saturated heterocycles. The Kier molecular flexibility index (Phi) is 3.25. The lowest BCUT2D eigenvalue weighted by Gasteiger charge is -2.28. The van der Waals surface area contributed by atoms with Gasteiger partial charge >= 0.3 is 0 Å². The average molecular weight is 273 g/mol. The molecule has 0 spiro atoms. The summed E-state index contributed by atoms with van der Waals surface area (Å²) in [5, 5.41) is 0. The Bertz CT molecular complexity index is 252. The third kappa shape index (κ3) is 2.46. The standard InChI is InChI=1S/C8H19Cl2PSi2/c1-11(2,3)8-12(4,9)6-7-13(8,5)10/h6-7H2,1-5H3. The molecule has 1 aliphatic rings. The lowest BCUT2D eigenvalue weighted by molar-refractivity contribution is 1.40. The second-order valence-electron chi connectivity index (χ2n) is 5.26. The third-order valence-electron chi connectivity index (χ3n) is 2.72. The topological polar surface area (TPSA) is 0 Å². The second kappa shape index (κ2) is 3.41. The third-order valence-corrected chi connectivity index (χ3v) is 23.2. The van der Waals surface area contributed by atoms with Crippen LogP contribution in [-0.4, -0.2) is 39.3 Å². The Balaban J connectivity index is 3.34. The van der Waals surface area contributed by atoms with Gasteiger partial charge in [-0.3, -0.25) is 0 Å². The summed E-state index contributed by atoms with van der Waals surface area (Å²) in [4.78, 5) is 0. The van der Waals surface area contributed by atoms with Crippen molar-refractivity contribution in [1.29, 1.82) is 0 Å². The van der Waals surface area contributed by atoms with Crippen LogP contribution in [0.15, 0.2) is 0 Å². The Hall–Kier alpha value is 1.31. The van der Waals surface area contributed by atoms with Crippen molar-refractivity contribution in [3.8, 4) is 0 Å². The molecule has 1 heterocycles. The summed E-state index contributed by atoms with van der Waals surface area (Å²) in [7, 11) is -3.14. The van der Waals surface area contributed by atoms with Crippen LogP contribution in [0, 0.1) is 0 Å². The van der Waals surface area contributed by atoms with E-state index in [0.717, 1.165) is 0 Å².